The largest absolute Gasteiger partial charge is 0.487 e. The van der Waals surface area contributed by atoms with E-state index >= 15 is 0 Å². The van der Waals surface area contributed by atoms with E-state index in [0.29, 0.717) is 22.0 Å². The monoisotopic (exact) mass is 383 g/mol. The van der Waals surface area contributed by atoms with Crippen LogP contribution in [-0.4, -0.2) is 35.0 Å². The molecular weight excluding hydrogens is 362 g/mol. The Labute approximate surface area is 164 Å². The maximum atomic E-state index is 13.1. The number of fused-ring (bicyclic) bond motifs is 1. The van der Waals surface area contributed by atoms with Crippen LogP contribution < -0.4 is 9.64 Å². The number of hydrogen-bond acceptors (Lipinski definition) is 4. The van der Waals surface area contributed by atoms with Gasteiger partial charge in [-0.2, -0.15) is 0 Å². The average Bonchev–Trinajstić information content (AvgIpc) is 3.16. The van der Waals surface area contributed by atoms with E-state index in [1.165, 1.54) is 0 Å². The number of likely N-dealkylation sites (tertiary alicyclic amines) is 1. The van der Waals surface area contributed by atoms with Gasteiger partial charge in [0, 0.05) is 29.6 Å². The molecule has 0 N–H and O–H groups in total. The van der Waals surface area contributed by atoms with Crippen molar-refractivity contribution in [3.8, 4) is 5.75 Å². The SMILES string of the molecule is C=CN1CCC(Oc2cncc(N3C(=O)c4ccc(Cl)cc4C3(C)C)c2)C1. The van der Waals surface area contributed by atoms with E-state index in [4.69, 9.17) is 16.3 Å². The summed E-state index contributed by atoms with van der Waals surface area (Å²) in [6.45, 7) is 9.58. The van der Waals surface area contributed by atoms with Crippen LogP contribution in [0.3, 0.4) is 0 Å². The topological polar surface area (TPSA) is 45.7 Å². The second kappa shape index (κ2) is 6.57. The summed E-state index contributed by atoms with van der Waals surface area (Å²) in [5.74, 6) is 0.616. The summed E-state index contributed by atoms with van der Waals surface area (Å²) in [6.07, 6.45) is 6.26. The molecule has 0 radical (unpaired) electrons. The number of anilines is 1. The molecule has 4 rings (SSSR count). The lowest BCUT2D eigenvalue weighted by Gasteiger charge is -2.32. The third kappa shape index (κ3) is 3.06. The molecule has 140 valence electrons. The predicted molar refractivity (Wildman–Crippen MR) is 106 cm³/mol. The summed E-state index contributed by atoms with van der Waals surface area (Å²) >= 11 is 6.16. The fourth-order valence-corrected chi connectivity index (χ4v) is 4.12. The molecule has 0 spiro atoms. The summed E-state index contributed by atoms with van der Waals surface area (Å²) < 4.78 is 6.10. The molecule has 0 aliphatic carbocycles. The van der Waals surface area contributed by atoms with Crippen LogP contribution in [-0.2, 0) is 5.54 Å². The van der Waals surface area contributed by atoms with E-state index in [1.807, 2.05) is 32.2 Å². The molecule has 6 heteroatoms. The molecular formula is C21H22ClN3O2. The molecule has 2 aliphatic rings. The van der Waals surface area contributed by atoms with Gasteiger partial charge in [-0.05, 0) is 43.8 Å². The first kappa shape index (κ1) is 17.9. The molecule has 3 heterocycles. The van der Waals surface area contributed by atoms with Crippen molar-refractivity contribution < 1.29 is 9.53 Å². The van der Waals surface area contributed by atoms with Gasteiger partial charge in [-0.25, -0.2) is 0 Å². The molecule has 27 heavy (non-hydrogen) atoms. The number of benzene rings is 1. The molecule has 1 fully saturated rings. The first-order valence-electron chi connectivity index (χ1n) is 9.03. The maximum Gasteiger partial charge on any atom is 0.259 e. The van der Waals surface area contributed by atoms with E-state index in [-0.39, 0.29) is 12.0 Å². The van der Waals surface area contributed by atoms with Crippen LogP contribution in [0.15, 0.2) is 49.4 Å². The number of nitrogens with zero attached hydrogens (tertiary/aromatic N) is 3. The quantitative estimate of drug-likeness (QED) is 0.792. The van der Waals surface area contributed by atoms with Crippen LogP contribution in [0.25, 0.3) is 0 Å². The van der Waals surface area contributed by atoms with Crippen LogP contribution >= 0.6 is 11.6 Å². The van der Waals surface area contributed by atoms with Crippen molar-refractivity contribution in [1.82, 2.24) is 9.88 Å². The lowest BCUT2D eigenvalue weighted by Crippen LogP contribution is -2.39. The van der Waals surface area contributed by atoms with Crippen molar-refractivity contribution in [1.29, 1.82) is 0 Å². The van der Waals surface area contributed by atoms with E-state index in [1.54, 1.807) is 29.4 Å². The Hall–Kier alpha value is -2.53. The molecule has 0 saturated carbocycles. The second-order valence-corrected chi connectivity index (χ2v) is 7.91. The minimum atomic E-state index is -0.523. The summed E-state index contributed by atoms with van der Waals surface area (Å²) in [6, 6.07) is 7.29. The van der Waals surface area contributed by atoms with Gasteiger partial charge >= 0.3 is 0 Å². The van der Waals surface area contributed by atoms with Crippen molar-refractivity contribution >= 4 is 23.2 Å². The van der Waals surface area contributed by atoms with Gasteiger partial charge < -0.3 is 9.64 Å². The highest BCUT2D eigenvalue weighted by Gasteiger charge is 2.44. The Morgan fingerprint density at radius 3 is 2.89 bits per heavy atom. The van der Waals surface area contributed by atoms with Crippen LogP contribution in [0.4, 0.5) is 5.69 Å². The second-order valence-electron chi connectivity index (χ2n) is 7.47. The molecule has 1 amide bonds. The fourth-order valence-electron chi connectivity index (χ4n) is 3.95. The molecule has 2 aliphatic heterocycles. The summed E-state index contributed by atoms with van der Waals surface area (Å²) in [4.78, 5) is 21.3. The Kier molecular flexibility index (Phi) is 4.35. The van der Waals surface area contributed by atoms with Gasteiger partial charge in [-0.1, -0.05) is 18.2 Å². The Balaban J connectivity index is 1.62. The smallest absolute Gasteiger partial charge is 0.259 e. The van der Waals surface area contributed by atoms with Gasteiger partial charge in [-0.15, -0.1) is 0 Å². The number of aromatic nitrogens is 1. The van der Waals surface area contributed by atoms with Crippen LogP contribution in [0.2, 0.25) is 5.02 Å². The highest BCUT2D eigenvalue weighted by molar-refractivity contribution is 6.31. The standard InChI is InChI=1S/C21H22ClN3O2/c1-4-24-8-7-16(13-24)27-17-10-15(11-23-12-17)25-20(26)18-6-5-14(22)9-19(18)21(25,2)3/h4-6,9-12,16H,1,7-8,13H2,2-3H3. The van der Waals surface area contributed by atoms with Crippen LogP contribution in [0.1, 0.15) is 36.2 Å². The molecule has 1 aromatic heterocycles. The number of pyridine rings is 1. The Bertz CT molecular complexity index is 912. The zero-order valence-electron chi connectivity index (χ0n) is 15.5. The number of ether oxygens (including phenoxy) is 1. The van der Waals surface area contributed by atoms with E-state index in [9.17, 15) is 4.79 Å². The first-order valence-corrected chi connectivity index (χ1v) is 9.41. The van der Waals surface area contributed by atoms with Crippen molar-refractivity contribution in [2.75, 3.05) is 18.0 Å². The molecule has 1 saturated heterocycles. The lowest BCUT2D eigenvalue weighted by molar-refractivity contribution is 0.0982. The van der Waals surface area contributed by atoms with E-state index in [2.05, 4.69) is 16.5 Å². The van der Waals surface area contributed by atoms with Gasteiger partial charge in [0.05, 0.1) is 30.2 Å². The Morgan fingerprint density at radius 1 is 1.33 bits per heavy atom. The molecule has 0 bridgehead atoms. The highest BCUT2D eigenvalue weighted by Crippen LogP contribution is 2.43. The average molecular weight is 384 g/mol. The lowest BCUT2D eigenvalue weighted by atomic mass is 9.93. The zero-order chi connectivity index (χ0) is 19.2. The molecule has 1 atom stereocenters. The molecule has 1 aromatic carbocycles. The predicted octanol–water partition coefficient (Wildman–Crippen LogP) is 4.23. The molecule has 2 aromatic rings. The van der Waals surface area contributed by atoms with Crippen molar-refractivity contribution in [2.45, 2.75) is 31.9 Å². The number of rotatable bonds is 4. The van der Waals surface area contributed by atoms with E-state index < -0.39 is 5.54 Å². The zero-order valence-corrected chi connectivity index (χ0v) is 16.2. The molecule has 5 nitrogen and oxygen atoms in total. The van der Waals surface area contributed by atoms with Gasteiger partial charge in [0.2, 0.25) is 0 Å². The number of halogens is 1. The van der Waals surface area contributed by atoms with Crippen molar-refractivity contribution in [3.05, 3.63) is 65.6 Å². The minimum Gasteiger partial charge on any atom is -0.487 e. The molecule has 1 unspecified atom stereocenters. The van der Waals surface area contributed by atoms with Gasteiger partial charge in [0.15, 0.2) is 0 Å². The van der Waals surface area contributed by atoms with Crippen LogP contribution in [0.5, 0.6) is 5.75 Å². The maximum absolute atomic E-state index is 13.1. The van der Waals surface area contributed by atoms with E-state index in [0.717, 1.165) is 25.1 Å². The number of amides is 1. The minimum absolute atomic E-state index is 0.0516. The number of carbonyl (C=O) groups is 1. The summed E-state index contributed by atoms with van der Waals surface area (Å²) in [5, 5.41) is 0.625. The third-order valence-electron chi connectivity index (χ3n) is 5.33. The first-order chi connectivity index (χ1) is 12.9. The van der Waals surface area contributed by atoms with Crippen molar-refractivity contribution in [2.24, 2.45) is 0 Å². The van der Waals surface area contributed by atoms with Crippen molar-refractivity contribution in [3.63, 3.8) is 0 Å². The summed E-state index contributed by atoms with van der Waals surface area (Å²) in [5.41, 5.74) is 1.79. The number of hydrogen-bond donors (Lipinski definition) is 0. The highest BCUT2D eigenvalue weighted by atomic mass is 35.5. The fraction of sp³-hybridized carbons (Fsp3) is 0.333. The number of carbonyl (C=O) groups excluding carboxylic acids is 1. The van der Waals surface area contributed by atoms with Gasteiger partial charge in [-0.3, -0.25) is 14.7 Å². The van der Waals surface area contributed by atoms with Crippen LogP contribution in [0, 0.1) is 0 Å². The third-order valence-corrected chi connectivity index (χ3v) is 5.56. The Morgan fingerprint density at radius 2 is 2.15 bits per heavy atom. The normalized spacial score (nSPS) is 20.7. The van der Waals surface area contributed by atoms with Gasteiger partial charge in [0.25, 0.3) is 5.91 Å². The van der Waals surface area contributed by atoms with Gasteiger partial charge in [0.1, 0.15) is 11.9 Å². The summed E-state index contributed by atoms with van der Waals surface area (Å²) in [7, 11) is 0.